The van der Waals surface area contributed by atoms with Crippen LogP contribution in [-0.4, -0.2) is 20.4 Å². The van der Waals surface area contributed by atoms with Crippen LogP contribution in [0.1, 0.15) is 45.1 Å². The van der Waals surface area contributed by atoms with Crippen LogP contribution in [0.5, 0.6) is 0 Å². The van der Waals surface area contributed by atoms with Crippen molar-refractivity contribution in [2.75, 3.05) is 5.32 Å². The molecule has 0 unspecified atom stereocenters. The second kappa shape index (κ2) is 7.09. The number of nitrogens with one attached hydrogen (secondary N) is 1. The third-order valence-electron chi connectivity index (χ3n) is 4.13. The number of carbonyl (C=O) groups is 1. The Bertz CT molecular complexity index is 920. The van der Waals surface area contributed by atoms with Crippen LogP contribution in [0.3, 0.4) is 0 Å². The van der Waals surface area contributed by atoms with Gasteiger partial charge in [-0.15, -0.1) is 22.7 Å². The fourth-order valence-electron chi connectivity index (χ4n) is 2.98. The van der Waals surface area contributed by atoms with Gasteiger partial charge in [-0.1, -0.05) is 6.92 Å². The molecule has 3 rings (SSSR count). The number of aryl methyl sites for hydroxylation is 3. The van der Waals surface area contributed by atoms with E-state index in [0.717, 1.165) is 34.9 Å². The number of anilines is 1. The van der Waals surface area contributed by atoms with E-state index in [2.05, 4.69) is 46.7 Å². The van der Waals surface area contributed by atoms with Crippen molar-refractivity contribution in [1.82, 2.24) is 14.5 Å². The second-order valence-corrected chi connectivity index (χ2v) is 8.14. The van der Waals surface area contributed by atoms with Crippen molar-refractivity contribution < 1.29 is 4.79 Å². The van der Waals surface area contributed by atoms with Crippen LogP contribution in [0.4, 0.5) is 5.13 Å². The minimum absolute atomic E-state index is 0.138. The maximum absolute atomic E-state index is 12.4. The summed E-state index contributed by atoms with van der Waals surface area (Å²) in [4.78, 5) is 22.0. The van der Waals surface area contributed by atoms with E-state index in [1.165, 1.54) is 34.1 Å². The molecule has 1 N–H and O–H groups in total. The first-order valence-corrected chi connectivity index (χ1v) is 9.98. The third-order valence-corrected chi connectivity index (χ3v) is 5.96. The van der Waals surface area contributed by atoms with E-state index in [1.54, 1.807) is 0 Å². The van der Waals surface area contributed by atoms with Crippen molar-refractivity contribution in [1.29, 1.82) is 0 Å². The van der Waals surface area contributed by atoms with Crippen LogP contribution in [0.15, 0.2) is 11.4 Å². The molecule has 3 aromatic rings. The number of hydrogen-bond acceptors (Lipinski definition) is 5. The number of thiazole rings is 2. The fourth-order valence-corrected chi connectivity index (χ4v) is 4.50. The Morgan fingerprint density at radius 2 is 2.00 bits per heavy atom. The standard InChI is InChI=1S/C18H22N4OS2/c1-6-7-22-10(2)8-14(12(22)4)15-9-24-18(20-15)21-17(23)16-11(3)19-13(5)25-16/h8-9H,6-7H2,1-5H3,(H,20,21,23). The predicted molar refractivity (Wildman–Crippen MR) is 105 cm³/mol. The van der Waals surface area contributed by atoms with Crippen molar-refractivity contribution in [2.24, 2.45) is 0 Å². The van der Waals surface area contributed by atoms with Crippen molar-refractivity contribution >= 4 is 33.7 Å². The van der Waals surface area contributed by atoms with Crippen LogP contribution in [0.25, 0.3) is 11.3 Å². The van der Waals surface area contributed by atoms with Gasteiger partial charge in [0.2, 0.25) is 0 Å². The maximum atomic E-state index is 12.4. The molecule has 3 aromatic heterocycles. The van der Waals surface area contributed by atoms with E-state index < -0.39 is 0 Å². The van der Waals surface area contributed by atoms with Gasteiger partial charge >= 0.3 is 0 Å². The lowest BCUT2D eigenvalue weighted by Gasteiger charge is -2.07. The van der Waals surface area contributed by atoms with Gasteiger partial charge in [-0.3, -0.25) is 10.1 Å². The summed E-state index contributed by atoms with van der Waals surface area (Å²) in [5.74, 6) is -0.138. The van der Waals surface area contributed by atoms with E-state index in [1.807, 2.05) is 19.2 Å². The van der Waals surface area contributed by atoms with Crippen molar-refractivity contribution in [2.45, 2.75) is 47.6 Å². The SMILES string of the molecule is CCCn1c(C)cc(-c2csc(NC(=O)c3sc(C)nc3C)n2)c1C. The smallest absolute Gasteiger partial charge is 0.269 e. The Kier molecular flexibility index (Phi) is 5.06. The molecule has 5 nitrogen and oxygen atoms in total. The zero-order valence-corrected chi connectivity index (χ0v) is 16.8. The van der Waals surface area contributed by atoms with Crippen molar-refractivity contribution in [3.8, 4) is 11.3 Å². The van der Waals surface area contributed by atoms with Crippen LogP contribution in [0.2, 0.25) is 0 Å². The molecule has 0 radical (unpaired) electrons. The molecule has 0 atom stereocenters. The van der Waals surface area contributed by atoms with Crippen LogP contribution < -0.4 is 5.32 Å². The monoisotopic (exact) mass is 374 g/mol. The number of carbonyl (C=O) groups excluding carboxylic acids is 1. The summed E-state index contributed by atoms with van der Waals surface area (Å²) < 4.78 is 2.32. The van der Waals surface area contributed by atoms with Gasteiger partial charge in [0.25, 0.3) is 5.91 Å². The first-order chi connectivity index (χ1) is 11.9. The molecule has 0 aliphatic carbocycles. The number of rotatable bonds is 5. The zero-order valence-electron chi connectivity index (χ0n) is 15.1. The Morgan fingerprint density at radius 3 is 2.64 bits per heavy atom. The molecule has 0 aromatic carbocycles. The van der Waals surface area contributed by atoms with Gasteiger partial charge in [-0.2, -0.15) is 0 Å². The molecule has 0 spiro atoms. The van der Waals surface area contributed by atoms with Crippen molar-refractivity contribution in [3.63, 3.8) is 0 Å². The Hall–Kier alpha value is -1.99. The Labute approximate surface area is 155 Å². The molecule has 0 aliphatic heterocycles. The summed E-state index contributed by atoms with van der Waals surface area (Å²) >= 11 is 2.86. The molecule has 7 heteroatoms. The molecule has 1 amide bonds. The number of aromatic nitrogens is 3. The van der Waals surface area contributed by atoms with E-state index in [-0.39, 0.29) is 5.91 Å². The van der Waals surface area contributed by atoms with Gasteiger partial charge in [-0.25, -0.2) is 9.97 Å². The molecule has 0 aliphatic rings. The summed E-state index contributed by atoms with van der Waals surface area (Å²) in [5.41, 5.74) is 5.26. The lowest BCUT2D eigenvalue weighted by atomic mass is 10.2. The summed E-state index contributed by atoms with van der Waals surface area (Å²) in [7, 11) is 0. The fraction of sp³-hybridized carbons (Fsp3) is 0.389. The Balaban J connectivity index is 1.82. The van der Waals surface area contributed by atoms with E-state index in [4.69, 9.17) is 0 Å². The van der Waals surface area contributed by atoms with Crippen LogP contribution >= 0.6 is 22.7 Å². The highest BCUT2D eigenvalue weighted by Crippen LogP contribution is 2.30. The lowest BCUT2D eigenvalue weighted by molar-refractivity contribution is 0.103. The van der Waals surface area contributed by atoms with E-state index >= 15 is 0 Å². The minimum atomic E-state index is -0.138. The molecule has 25 heavy (non-hydrogen) atoms. The molecule has 0 saturated carbocycles. The third kappa shape index (κ3) is 3.52. The number of hydrogen-bond donors (Lipinski definition) is 1. The predicted octanol–water partition coefficient (Wildman–Crippen LogP) is 4.96. The first-order valence-electron chi connectivity index (χ1n) is 8.28. The summed E-state index contributed by atoms with van der Waals surface area (Å²) in [5, 5.41) is 6.41. The van der Waals surface area contributed by atoms with Gasteiger partial charge in [-0.05, 0) is 40.2 Å². The largest absolute Gasteiger partial charge is 0.348 e. The first kappa shape index (κ1) is 17.8. The average Bonchev–Trinajstić information content (AvgIpc) is 3.21. The zero-order chi connectivity index (χ0) is 18.1. The Morgan fingerprint density at radius 1 is 1.24 bits per heavy atom. The molecular formula is C18H22N4OS2. The second-order valence-electron chi connectivity index (χ2n) is 6.08. The summed E-state index contributed by atoms with van der Waals surface area (Å²) in [6.45, 7) is 11.2. The van der Waals surface area contributed by atoms with Crippen LogP contribution in [0, 0.1) is 27.7 Å². The lowest BCUT2D eigenvalue weighted by Crippen LogP contribution is -2.11. The highest BCUT2D eigenvalue weighted by Gasteiger charge is 2.17. The normalized spacial score (nSPS) is 11.1. The molecule has 3 heterocycles. The van der Waals surface area contributed by atoms with Gasteiger partial charge in [0, 0.05) is 28.9 Å². The highest BCUT2D eigenvalue weighted by atomic mass is 32.1. The topological polar surface area (TPSA) is 59.8 Å². The van der Waals surface area contributed by atoms with Crippen molar-refractivity contribution in [3.05, 3.63) is 38.4 Å². The van der Waals surface area contributed by atoms with Gasteiger partial charge in [0.05, 0.1) is 16.4 Å². The minimum Gasteiger partial charge on any atom is -0.348 e. The van der Waals surface area contributed by atoms with E-state index in [0.29, 0.717) is 10.0 Å². The number of amides is 1. The number of nitrogens with zero attached hydrogens (tertiary/aromatic N) is 3. The summed E-state index contributed by atoms with van der Waals surface area (Å²) in [6, 6.07) is 2.17. The molecular weight excluding hydrogens is 352 g/mol. The molecule has 0 fully saturated rings. The quantitative estimate of drug-likeness (QED) is 0.686. The molecule has 0 bridgehead atoms. The van der Waals surface area contributed by atoms with Gasteiger partial charge < -0.3 is 4.57 Å². The summed E-state index contributed by atoms with van der Waals surface area (Å²) in [6.07, 6.45) is 1.10. The van der Waals surface area contributed by atoms with Gasteiger partial charge in [0.1, 0.15) is 4.88 Å². The molecule has 0 saturated heterocycles. The average molecular weight is 375 g/mol. The highest BCUT2D eigenvalue weighted by molar-refractivity contribution is 7.15. The van der Waals surface area contributed by atoms with Crippen LogP contribution in [-0.2, 0) is 6.54 Å². The molecule has 132 valence electrons. The maximum Gasteiger partial charge on any atom is 0.269 e. The van der Waals surface area contributed by atoms with E-state index in [9.17, 15) is 4.79 Å². The van der Waals surface area contributed by atoms with Gasteiger partial charge in [0.15, 0.2) is 5.13 Å².